The number of rotatable bonds is 4. The molecule has 20 heavy (non-hydrogen) atoms. The number of methoxy groups -OCH3 is 2. The Labute approximate surface area is 117 Å². The number of halogens is 2. The van der Waals surface area contributed by atoms with Crippen LogP contribution < -0.4 is 9.47 Å². The number of alkyl halides is 2. The molecule has 1 aromatic carbocycles. The van der Waals surface area contributed by atoms with E-state index in [1.165, 1.54) is 14.2 Å². The maximum absolute atomic E-state index is 13.1. The van der Waals surface area contributed by atoms with E-state index in [1.54, 1.807) is 18.2 Å². The summed E-state index contributed by atoms with van der Waals surface area (Å²) in [6, 6.07) is 5.17. The summed E-state index contributed by atoms with van der Waals surface area (Å²) in [5, 5.41) is 10.4. The molecule has 1 N–H and O–H groups in total. The zero-order valence-corrected chi connectivity index (χ0v) is 11.7. The van der Waals surface area contributed by atoms with Crippen molar-refractivity contribution in [2.24, 2.45) is 5.92 Å². The molecule has 3 nitrogen and oxygen atoms in total. The van der Waals surface area contributed by atoms with Crippen molar-refractivity contribution in [2.75, 3.05) is 14.2 Å². The zero-order chi connectivity index (χ0) is 14.8. The monoisotopic (exact) mass is 286 g/mol. The van der Waals surface area contributed by atoms with Crippen LogP contribution in [0.2, 0.25) is 0 Å². The second-order valence-electron chi connectivity index (χ2n) is 5.25. The van der Waals surface area contributed by atoms with Crippen LogP contribution >= 0.6 is 0 Å². The van der Waals surface area contributed by atoms with Crippen LogP contribution in [0.4, 0.5) is 8.78 Å². The molecule has 1 aliphatic carbocycles. The van der Waals surface area contributed by atoms with E-state index in [-0.39, 0.29) is 18.8 Å². The predicted octanol–water partition coefficient (Wildman–Crippen LogP) is 3.56. The van der Waals surface area contributed by atoms with Gasteiger partial charge in [-0.15, -0.1) is 0 Å². The van der Waals surface area contributed by atoms with E-state index in [0.29, 0.717) is 29.9 Å². The highest BCUT2D eigenvalue weighted by atomic mass is 19.3. The molecule has 1 fully saturated rings. The lowest BCUT2D eigenvalue weighted by molar-refractivity contribution is -0.0627. The molecular weight excluding hydrogens is 266 g/mol. The lowest BCUT2D eigenvalue weighted by Crippen LogP contribution is -2.27. The fourth-order valence-electron chi connectivity index (χ4n) is 2.69. The van der Waals surface area contributed by atoms with Crippen molar-refractivity contribution in [2.45, 2.75) is 37.7 Å². The van der Waals surface area contributed by atoms with Crippen molar-refractivity contribution < 1.29 is 23.4 Å². The van der Waals surface area contributed by atoms with Crippen LogP contribution in [0.5, 0.6) is 11.5 Å². The fraction of sp³-hybridized carbons (Fsp3) is 0.600. The lowest BCUT2D eigenvalue weighted by atomic mass is 9.81. The summed E-state index contributed by atoms with van der Waals surface area (Å²) in [7, 11) is 3.06. The first-order chi connectivity index (χ1) is 9.46. The molecule has 1 unspecified atom stereocenters. The highest BCUT2D eigenvalue weighted by Crippen LogP contribution is 2.42. The van der Waals surface area contributed by atoms with Crippen molar-refractivity contribution in [1.29, 1.82) is 0 Å². The molecular formula is C15H20F2O3. The Morgan fingerprint density at radius 2 is 1.75 bits per heavy atom. The van der Waals surface area contributed by atoms with Crippen molar-refractivity contribution in [1.82, 2.24) is 0 Å². The fourth-order valence-corrected chi connectivity index (χ4v) is 2.69. The summed E-state index contributed by atoms with van der Waals surface area (Å²) in [4.78, 5) is 0. The molecule has 1 aromatic rings. The molecule has 5 heteroatoms. The van der Waals surface area contributed by atoms with Crippen molar-refractivity contribution >= 4 is 0 Å². The third-order valence-corrected chi connectivity index (χ3v) is 3.96. The van der Waals surface area contributed by atoms with E-state index in [0.717, 1.165) is 0 Å². The van der Waals surface area contributed by atoms with Crippen molar-refractivity contribution in [3.8, 4) is 11.5 Å². The van der Waals surface area contributed by atoms with E-state index in [1.807, 2.05) is 0 Å². The Balaban J connectivity index is 2.11. The van der Waals surface area contributed by atoms with Crippen LogP contribution in [-0.2, 0) is 0 Å². The topological polar surface area (TPSA) is 38.7 Å². The van der Waals surface area contributed by atoms with Crippen LogP contribution in [0.3, 0.4) is 0 Å². The van der Waals surface area contributed by atoms with Gasteiger partial charge in [0, 0.05) is 12.8 Å². The summed E-state index contributed by atoms with van der Waals surface area (Å²) >= 11 is 0. The molecule has 112 valence electrons. The van der Waals surface area contributed by atoms with Gasteiger partial charge in [0.15, 0.2) is 11.5 Å². The average molecular weight is 286 g/mol. The molecule has 1 atom stereocenters. The first-order valence-corrected chi connectivity index (χ1v) is 6.74. The largest absolute Gasteiger partial charge is 0.493 e. The lowest BCUT2D eigenvalue weighted by Gasteiger charge is -2.31. The van der Waals surface area contributed by atoms with Crippen LogP contribution in [0.25, 0.3) is 0 Å². The third-order valence-electron chi connectivity index (χ3n) is 3.96. The van der Waals surface area contributed by atoms with Gasteiger partial charge in [-0.05, 0) is 36.5 Å². The number of benzene rings is 1. The van der Waals surface area contributed by atoms with Gasteiger partial charge in [-0.1, -0.05) is 6.07 Å². The van der Waals surface area contributed by atoms with Gasteiger partial charge in [-0.2, -0.15) is 0 Å². The number of hydrogen-bond donors (Lipinski definition) is 1. The Kier molecular flexibility index (Phi) is 4.48. The molecule has 0 spiro atoms. The summed E-state index contributed by atoms with van der Waals surface area (Å²) in [5.74, 6) is -1.59. The summed E-state index contributed by atoms with van der Waals surface area (Å²) in [5.41, 5.74) is 0.679. The van der Waals surface area contributed by atoms with Gasteiger partial charge < -0.3 is 14.6 Å². The number of aliphatic hydroxyl groups is 1. The first-order valence-electron chi connectivity index (χ1n) is 6.74. The van der Waals surface area contributed by atoms with Gasteiger partial charge in [-0.3, -0.25) is 0 Å². The number of hydrogen-bond acceptors (Lipinski definition) is 3. The predicted molar refractivity (Wildman–Crippen MR) is 71.4 cm³/mol. The molecule has 0 radical (unpaired) electrons. The molecule has 0 aliphatic heterocycles. The minimum atomic E-state index is -2.58. The molecule has 0 aromatic heterocycles. The second-order valence-corrected chi connectivity index (χ2v) is 5.25. The summed E-state index contributed by atoms with van der Waals surface area (Å²) in [6.45, 7) is 0. The van der Waals surface area contributed by atoms with E-state index in [4.69, 9.17) is 9.47 Å². The van der Waals surface area contributed by atoms with Gasteiger partial charge in [0.05, 0.1) is 20.3 Å². The van der Waals surface area contributed by atoms with E-state index in [2.05, 4.69) is 0 Å². The number of ether oxygens (including phenoxy) is 2. The molecule has 1 aliphatic rings. The quantitative estimate of drug-likeness (QED) is 0.919. The Bertz CT molecular complexity index is 452. The third kappa shape index (κ3) is 3.20. The summed E-state index contributed by atoms with van der Waals surface area (Å²) in [6.07, 6.45) is -0.374. The van der Waals surface area contributed by atoms with E-state index < -0.39 is 12.0 Å². The Hall–Kier alpha value is -1.36. The minimum Gasteiger partial charge on any atom is -0.493 e. The smallest absolute Gasteiger partial charge is 0.248 e. The Morgan fingerprint density at radius 1 is 1.15 bits per heavy atom. The average Bonchev–Trinajstić information content (AvgIpc) is 2.45. The standard InChI is InChI=1S/C15H20F2O3/c1-19-12-4-3-11(9-13(12)20-2)14(18)10-5-7-15(16,17)8-6-10/h3-4,9-10,14,18H,5-8H2,1-2H3. The highest BCUT2D eigenvalue weighted by Gasteiger charge is 2.37. The van der Waals surface area contributed by atoms with Crippen molar-refractivity contribution in [3.05, 3.63) is 23.8 Å². The van der Waals surface area contributed by atoms with Gasteiger partial charge in [0.1, 0.15) is 0 Å². The van der Waals surface area contributed by atoms with Crippen LogP contribution in [0.1, 0.15) is 37.4 Å². The van der Waals surface area contributed by atoms with Gasteiger partial charge in [0.2, 0.25) is 5.92 Å². The Morgan fingerprint density at radius 3 is 2.30 bits per heavy atom. The number of aliphatic hydroxyl groups excluding tert-OH is 1. The summed E-state index contributed by atoms with van der Waals surface area (Å²) < 4.78 is 36.6. The molecule has 0 amide bonds. The highest BCUT2D eigenvalue weighted by molar-refractivity contribution is 5.43. The van der Waals surface area contributed by atoms with Gasteiger partial charge >= 0.3 is 0 Å². The van der Waals surface area contributed by atoms with Gasteiger partial charge in [-0.25, -0.2) is 8.78 Å². The van der Waals surface area contributed by atoms with E-state index in [9.17, 15) is 13.9 Å². The SMILES string of the molecule is COc1ccc(C(O)C2CCC(F)(F)CC2)cc1OC. The zero-order valence-electron chi connectivity index (χ0n) is 11.7. The molecule has 0 heterocycles. The molecule has 1 saturated carbocycles. The van der Waals surface area contributed by atoms with Gasteiger partial charge in [0.25, 0.3) is 0 Å². The second kappa shape index (κ2) is 5.95. The van der Waals surface area contributed by atoms with Crippen LogP contribution in [0.15, 0.2) is 18.2 Å². The normalized spacial score (nSPS) is 20.4. The van der Waals surface area contributed by atoms with E-state index >= 15 is 0 Å². The van der Waals surface area contributed by atoms with Crippen LogP contribution in [-0.4, -0.2) is 25.2 Å². The molecule has 2 rings (SSSR count). The van der Waals surface area contributed by atoms with Crippen molar-refractivity contribution in [3.63, 3.8) is 0 Å². The minimum absolute atomic E-state index is 0.132. The van der Waals surface area contributed by atoms with Crippen LogP contribution in [0, 0.1) is 5.92 Å². The maximum atomic E-state index is 13.1. The first kappa shape index (κ1) is 15.0. The molecule has 0 bridgehead atoms. The maximum Gasteiger partial charge on any atom is 0.248 e. The molecule has 0 saturated heterocycles.